The van der Waals surface area contributed by atoms with Gasteiger partial charge >= 0.3 is 0 Å². The lowest BCUT2D eigenvalue weighted by Crippen LogP contribution is -2.37. The van der Waals surface area contributed by atoms with Crippen LogP contribution >= 0.6 is 35.4 Å². The maximum Gasteiger partial charge on any atom is 0.250 e. The van der Waals surface area contributed by atoms with Crippen LogP contribution in [0.1, 0.15) is 31.7 Å². The van der Waals surface area contributed by atoms with Gasteiger partial charge in [-0.2, -0.15) is 0 Å². The second kappa shape index (κ2) is 10.1. The van der Waals surface area contributed by atoms with Gasteiger partial charge in [0.25, 0.3) is 0 Å². The number of benzene rings is 2. The maximum absolute atomic E-state index is 12.1. The molecule has 2 aromatic carbocycles. The number of carbonyl (C=O) groups is 1. The zero-order valence-corrected chi connectivity index (χ0v) is 18.4. The number of nitrogens with one attached hydrogen (secondary N) is 2. The Labute approximate surface area is 186 Å². The Hall–Kier alpha value is -2.08. The Morgan fingerprint density at radius 3 is 2.62 bits per heavy atom. The van der Waals surface area contributed by atoms with Crippen LogP contribution in [0, 0.1) is 0 Å². The Balaban J connectivity index is 1.53. The van der Waals surface area contributed by atoms with E-state index in [9.17, 15) is 4.79 Å². The van der Waals surface area contributed by atoms with E-state index >= 15 is 0 Å². The van der Waals surface area contributed by atoms with Crippen molar-refractivity contribution < 1.29 is 4.79 Å². The van der Waals surface area contributed by atoms with Crippen molar-refractivity contribution in [1.29, 1.82) is 0 Å². The molecule has 0 aliphatic carbocycles. The summed E-state index contributed by atoms with van der Waals surface area (Å²) in [6.07, 6.45) is 6.75. The van der Waals surface area contributed by atoms with Crippen molar-refractivity contribution in [2.24, 2.45) is 0 Å². The lowest BCUT2D eigenvalue weighted by Gasteiger charge is -2.35. The quantitative estimate of drug-likeness (QED) is 0.452. The first kappa shape index (κ1) is 21.6. The van der Waals surface area contributed by atoms with Gasteiger partial charge < -0.3 is 10.2 Å². The summed E-state index contributed by atoms with van der Waals surface area (Å²) in [5.41, 5.74) is 2.74. The van der Waals surface area contributed by atoms with Crippen molar-refractivity contribution in [3.05, 3.63) is 64.1 Å². The third kappa shape index (κ3) is 6.20. The van der Waals surface area contributed by atoms with E-state index in [-0.39, 0.29) is 11.0 Å². The summed E-state index contributed by atoms with van der Waals surface area (Å²) in [5.74, 6) is -0.340. The number of thiocarbonyl (C=S) groups is 1. The molecule has 1 aliphatic heterocycles. The number of piperidine rings is 1. The van der Waals surface area contributed by atoms with E-state index in [1.54, 1.807) is 24.3 Å². The lowest BCUT2D eigenvalue weighted by atomic mass is 10.0. The van der Waals surface area contributed by atoms with E-state index in [1.165, 1.54) is 31.0 Å². The number of halogens is 2. The monoisotopic (exact) mass is 447 g/mol. The highest BCUT2D eigenvalue weighted by Gasteiger charge is 2.18. The minimum absolute atomic E-state index is 0.237. The van der Waals surface area contributed by atoms with Crippen LogP contribution < -0.4 is 15.5 Å². The number of nitrogens with zero attached hydrogens (tertiary/aromatic N) is 1. The summed E-state index contributed by atoms with van der Waals surface area (Å²) < 4.78 is 0. The summed E-state index contributed by atoms with van der Waals surface area (Å²) in [7, 11) is 0. The Bertz CT molecular complexity index is 915. The summed E-state index contributed by atoms with van der Waals surface area (Å²) in [4.78, 5) is 14.5. The summed E-state index contributed by atoms with van der Waals surface area (Å²) in [5, 5.41) is 6.92. The van der Waals surface area contributed by atoms with E-state index in [4.69, 9.17) is 35.4 Å². The van der Waals surface area contributed by atoms with Crippen molar-refractivity contribution in [1.82, 2.24) is 5.32 Å². The molecule has 2 N–H and O–H groups in total. The van der Waals surface area contributed by atoms with Crippen molar-refractivity contribution in [2.75, 3.05) is 16.8 Å². The molecule has 0 unspecified atom stereocenters. The van der Waals surface area contributed by atoms with E-state index in [1.807, 2.05) is 12.1 Å². The predicted octanol–water partition coefficient (Wildman–Crippen LogP) is 5.90. The van der Waals surface area contributed by atoms with Crippen LogP contribution in [0.4, 0.5) is 11.4 Å². The molecular formula is C22H23Cl2N3OS. The standard InChI is InChI=1S/C22H23Cl2N3OS/c1-15-4-2-3-13-27(15)19-10-8-18(9-11-19)25-22(29)26-21(28)12-6-16-5-7-17(23)14-20(16)24/h5-12,14-15H,2-4,13H2,1H3,(H2,25,26,28,29)/b12-6+/t15-/m1/s1. The average molecular weight is 448 g/mol. The average Bonchev–Trinajstić information content (AvgIpc) is 2.68. The number of hydrogen-bond acceptors (Lipinski definition) is 3. The van der Waals surface area contributed by atoms with Gasteiger partial charge in [0.05, 0.1) is 0 Å². The van der Waals surface area contributed by atoms with E-state index in [2.05, 4.69) is 34.6 Å². The molecular weight excluding hydrogens is 425 g/mol. The molecule has 152 valence electrons. The first-order valence-corrected chi connectivity index (χ1v) is 10.7. The minimum atomic E-state index is -0.340. The molecule has 1 saturated heterocycles. The molecule has 1 atom stereocenters. The lowest BCUT2D eigenvalue weighted by molar-refractivity contribution is -0.115. The van der Waals surface area contributed by atoms with Crippen LogP contribution in [-0.2, 0) is 4.79 Å². The Kier molecular flexibility index (Phi) is 7.53. The third-order valence-corrected chi connectivity index (χ3v) is 5.64. The highest BCUT2D eigenvalue weighted by Crippen LogP contribution is 2.26. The maximum atomic E-state index is 12.1. The highest BCUT2D eigenvalue weighted by atomic mass is 35.5. The summed E-state index contributed by atoms with van der Waals surface area (Å²) in [6.45, 7) is 3.35. The van der Waals surface area contributed by atoms with E-state index < -0.39 is 0 Å². The number of amides is 1. The van der Waals surface area contributed by atoms with Gasteiger partial charge in [0.1, 0.15) is 0 Å². The van der Waals surface area contributed by atoms with Crippen molar-refractivity contribution >= 4 is 63.9 Å². The zero-order chi connectivity index (χ0) is 20.8. The summed E-state index contributed by atoms with van der Waals surface area (Å²) >= 11 is 17.2. The summed E-state index contributed by atoms with van der Waals surface area (Å²) in [6, 6.07) is 13.7. The SMILES string of the molecule is C[C@@H]1CCCCN1c1ccc(NC(=S)NC(=O)/C=C/c2ccc(Cl)cc2Cl)cc1. The van der Waals surface area contributed by atoms with Crippen LogP contribution in [0.2, 0.25) is 10.0 Å². The first-order chi connectivity index (χ1) is 13.9. The van der Waals surface area contributed by atoms with Gasteiger partial charge in [-0.15, -0.1) is 0 Å². The fourth-order valence-electron chi connectivity index (χ4n) is 3.34. The van der Waals surface area contributed by atoms with Crippen LogP contribution in [-0.4, -0.2) is 23.6 Å². The van der Waals surface area contributed by atoms with Crippen molar-refractivity contribution in [3.63, 3.8) is 0 Å². The van der Waals surface area contributed by atoms with Crippen molar-refractivity contribution in [3.8, 4) is 0 Å². The first-order valence-electron chi connectivity index (χ1n) is 9.54. The molecule has 0 spiro atoms. The Morgan fingerprint density at radius 2 is 1.93 bits per heavy atom. The van der Waals surface area contributed by atoms with Crippen LogP contribution in [0.25, 0.3) is 6.08 Å². The normalized spacial score (nSPS) is 16.7. The molecule has 0 aromatic heterocycles. The fourth-order valence-corrected chi connectivity index (χ4v) is 4.03. The van der Waals surface area contributed by atoms with Gasteiger partial charge in [0.15, 0.2) is 5.11 Å². The number of anilines is 2. The molecule has 1 amide bonds. The molecule has 3 rings (SSSR count). The van der Waals surface area contributed by atoms with Crippen molar-refractivity contribution in [2.45, 2.75) is 32.2 Å². The molecule has 7 heteroatoms. The number of rotatable bonds is 4. The molecule has 4 nitrogen and oxygen atoms in total. The molecule has 1 fully saturated rings. The van der Waals surface area contributed by atoms with E-state index in [0.29, 0.717) is 21.7 Å². The second-order valence-corrected chi connectivity index (χ2v) is 8.28. The molecule has 0 saturated carbocycles. The largest absolute Gasteiger partial charge is 0.369 e. The highest BCUT2D eigenvalue weighted by molar-refractivity contribution is 7.80. The van der Waals surface area contributed by atoms with Gasteiger partial charge in [0.2, 0.25) is 5.91 Å². The van der Waals surface area contributed by atoms with Gasteiger partial charge in [-0.3, -0.25) is 10.1 Å². The minimum Gasteiger partial charge on any atom is -0.369 e. The van der Waals surface area contributed by atoms with E-state index in [0.717, 1.165) is 12.2 Å². The molecule has 0 radical (unpaired) electrons. The number of hydrogen-bond donors (Lipinski definition) is 2. The van der Waals surface area contributed by atoms with Crippen LogP contribution in [0.5, 0.6) is 0 Å². The van der Waals surface area contributed by atoms with Gasteiger partial charge in [-0.25, -0.2) is 0 Å². The topological polar surface area (TPSA) is 44.4 Å². The van der Waals surface area contributed by atoms with Gasteiger partial charge in [0, 0.05) is 40.1 Å². The third-order valence-electron chi connectivity index (χ3n) is 4.87. The molecule has 1 heterocycles. The van der Waals surface area contributed by atoms with Gasteiger partial charge in [-0.05, 0) is 86.4 Å². The fraction of sp³-hybridized carbons (Fsp3) is 0.273. The van der Waals surface area contributed by atoms with Crippen LogP contribution in [0.15, 0.2) is 48.5 Å². The van der Waals surface area contributed by atoms with Crippen LogP contribution in [0.3, 0.4) is 0 Å². The number of carbonyl (C=O) groups excluding carboxylic acids is 1. The smallest absolute Gasteiger partial charge is 0.250 e. The zero-order valence-electron chi connectivity index (χ0n) is 16.1. The molecule has 2 aromatic rings. The van der Waals surface area contributed by atoms with Gasteiger partial charge in [-0.1, -0.05) is 29.3 Å². The Morgan fingerprint density at radius 1 is 1.17 bits per heavy atom. The predicted molar refractivity (Wildman–Crippen MR) is 127 cm³/mol. The second-order valence-electron chi connectivity index (χ2n) is 7.03. The molecule has 1 aliphatic rings. The molecule has 0 bridgehead atoms. The molecule has 29 heavy (non-hydrogen) atoms.